The van der Waals surface area contributed by atoms with Gasteiger partial charge in [-0.2, -0.15) is 0 Å². The van der Waals surface area contributed by atoms with Crippen LogP contribution in [0.15, 0.2) is 86.8 Å². The zero-order valence-electron chi connectivity index (χ0n) is 12.1. The number of aromatic nitrogens is 2. The molecule has 4 heteroatoms. The predicted octanol–water partition coefficient (Wildman–Crippen LogP) is 4.15. The second-order valence-corrected chi connectivity index (χ2v) is 6.90. The Labute approximate surface area is 133 Å². The number of rotatable bonds is 4. The van der Waals surface area contributed by atoms with Crippen LogP contribution in [-0.4, -0.2) is 4.57 Å². The molecule has 3 aromatic rings. The lowest BCUT2D eigenvalue weighted by Crippen LogP contribution is -2.27. The fourth-order valence-electron chi connectivity index (χ4n) is 2.10. The van der Waals surface area contributed by atoms with Crippen molar-refractivity contribution in [3.8, 4) is 0 Å². The molecule has 0 unspecified atom stereocenters. The first-order valence-electron chi connectivity index (χ1n) is 6.75. The van der Waals surface area contributed by atoms with E-state index in [4.69, 9.17) is 0 Å². The Kier molecular flexibility index (Phi) is 4.36. The van der Waals surface area contributed by atoms with Gasteiger partial charge in [-0.15, -0.1) is 0 Å². The minimum atomic E-state index is 1.26. The van der Waals surface area contributed by atoms with E-state index in [1.807, 2.05) is 0 Å². The van der Waals surface area contributed by atoms with Gasteiger partial charge >= 0.3 is 0 Å². The summed E-state index contributed by atoms with van der Waals surface area (Å²) in [5.74, 6) is 0. The summed E-state index contributed by atoms with van der Waals surface area (Å²) in [4.78, 5) is 2.52. The van der Waals surface area contributed by atoms with Crippen LogP contribution >= 0.6 is 23.5 Å². The summed E-state index contributed by atoms with van der Waals surface area (Å²) in [5, 5.41) is 2.52. The highest BCUT2D eigenvalue weighted by molar-refractivity contribution is 8.02. The van der Waals surface area contributed by atoms with Gasteiger partial charge in [-0.05, 0) is 47.8 Å². The van der Waals surface area contributed by atoms with Crippen molar-refractivity contribution in [2.45, 2.75) is 19.8 Å². The number of aryl methyl sites for hydroxylation is 2. The van der Waals surface area contributed by atoms with Gasteiger partial charge in [0.25, 0.3) is 0 Å². The average molecular weight is 313 g/mol. The minimum absolute atomic E-state index is 1.26. The number of hydrogen-bond donors (Lipinski definition) is 0. The molecule has 3 rings (SSSR count). The van der Waals surface area contributed by atoms with E-state index in [9.17, 15) is 0 Å². The second-order valence-electron chi connectivity index (χ2n) is 4.78. The standard InChI is InChI=1S/C17H17N2S2/c1-18-13-19(2)17(21-15-11-7-4-8-12-15)16(18)20-14-9-5-3-6-10-14/h3-13H,1-2H3/q+1. The van der Waals surface area contributed by atoms with E-state index >= 15 is 0 Å². The van der Waals surface area contributed by atoms with Crippen LogP contribution in [0.2, 0.25) is 0 Å². The SMILES string of the molecule is Cn1c[n+](C)c(Sc2ccccc2)c1Sc1ccccc1. The molecule has 0 radical (unpaired) electrons. The molecule has 0 spiro atoms. The van der Waals surface area contributed by atoms with Gasteiger partial charge in [0.1, 0.15) is 0 Å². The number of imidazole rings is 1. The predicted molar refractivity (Wildman–Crippen MR) is 87.7 cm³/mol. The zero-order chi connectivity index (χ0) is 14.7. The molecule has 0 aliphatic rings. The highest BCUT2D eigenvalue weighted by atomic mass is 32.2. The van der Waals surface area contributed by atoms with Crippen molar-refractivity contribution in [2.24, 2.45) is 14.1 Å². The Morgan fingerprint density at radius 1 is 0.810 bits per heavy atom. The van der Waals surface area contributed by atoms with Gasteiger partial charge < -0.3 is 0 Å². The minimum Gasteiger partial charge on any atom is -0.226 e. The van der Waals surface area contributed by atoms with Gasteiger partial charge in [0.2, 0.25) is 16.4 Å². The lowest BCUT2D eigenvalue weighted by molar-refractivity contribution is -0.708. The Balaban J connectivity index is 1.93. The Morgan fingerprint density at radius 2 is 1.33 bits per heavy atom. The quantitative estimate of drug-likeness (QED) is 0.669. The normalized spacial score (nSPS) is 10.8. The maximum atomic E-state index is 2.18. The molecule has 0 saturated carbocycles. The Bertz CT molecular complexity index is 659. The summed E-state index contributed by atoms with van der Waals surface area (Å²) < 4.78 is 4.37. The zero-order valence-corrected chi connectivity index (χ0v) is 13.7. The molecule has 0 amide bonds. The van der Waals surface area contributed by atoms with Crippen LogP contribution in [0.1, 0.15) is 0 Å². The van der Waals surface area contributed by atoms with E-state index in [1.54, 1.807) is 23.5 Å². The number of hydrogen-bond acceptors (Lipinski definition) is 2. The molecule has 0 bridgehead atoms. The van der Waals surface area contributed by atoms with Crippen molar-refractivity contribution in [2.75, 3.05) is 0 Å². The van der Waals surface area contributed by atoms with Crippen molar-refractivity contribution in [1.82, 2.24) is 4.57 Å². The van der Waals surface area contributed by atoms with E-state index in [1.165, 1.54) is 19.8 Å². The molecule has 0 aliphatic heterocycles. The number of benzene rings is 2. The first-order chi connectivity index (χ1) is 10.2. The maximum Gasteiger partial charge on any atom is 0.245 e. The molecule has 2 nitrogen and oxygen atoms in total. The molecule has 0 aliphatic carbocycles. The summed E-state index contributed by atoms with van der Waals surface area (Å²) in [6, 6.07) is 21.0. The summed E-state index contributed by atoms with van der Waals surface area (Å²) in [5.41, 5.74) is 0. The van der Waals surface area contributed by atoms with Crippen LogP contribution in [0.25, 0.3) is 0 Å². The van der Waals surface area contributed by atoms with Crippen molar-refractivity contribution >= 4 is 23.5 Å². The van der Waals surface area contributed by atoms with Crippen molar-refractivity contribution < 1.29 is 4.57 Å². The van der Waals surface area contributed by atoms with Gasteiger partial charge in [-0.3, -0.25) is 0 Å². The van der Waals surface area contributed by atoms with Crippen molar-refractivity contribution in [3.05, 3.63) is 67.0 Å². The van der Waals surface area contributed by atoms with E-state index in [2.05, 4.69) is 90.2 Å². The molecule has 21 heavy (non-hydrogen) atoms. The number of nitrogens with zero attached hydrogens (tertiary/aromatic N) is 2. The lowest BCUT2D eigenvalue weighted by Gasteiger charge is -2.02. The topological polar surface area (TPSA) is 8.81 Å². The Morgan fingerprint density at radius 3 is 1.90 bits per heavy atom. The summed E-state index contributed by atoms with van der Waals surface area (Å²) >= 11 is 3.60. The van der Waals surface area contributed by atoms with Crippen LogP contribution in [0.3, 0.4) is 0 Å². The molecule has 0 atom stereocenters. The monoisotopic (exact) mass is 313 g/mol. The lowest BCUT2D eigenvalue weighted by atomic mass is 10.4. The molecular weight excluding hydrogens is 296 g/mol. The molecule has 1 heterocycles. The average Bonchev–Trinajstić information content (AvgIpc) is 2.76. The second kappa shape index (κ2) is 6.41. The fourth-order valence-corrected chi connectivity index (χ4v) is 4.23. The third-order valence-electron chi connectivity index (χ3n) is 3.09. The third kappa shape index (κ3) is 3.34. The first-order valence-corrected chi connectivity index (χ1v) is 8.38. The Hall–Kier alpha value is -1.65. The summed E-state index contributed by atoms with van der Waals surface area (Å²) in [6.45, 7) is 0. The summed E-state index contributed by atoms with van der Waals surface area (Å²) in [6.07, 6.45) is 2.12. The molecule has 0 N–H and O–H groups in total. The van der Waals surface area contributed by atoms with Crippen LogP contribution in [0, 0.1) is 0 Å². The van der Waals surface area contributed by atoms with E-state index in [-0.39, 0.29) is 0 Å². The molecule has 0 saturated heterocycles. The first kappa shape index (κ1) is 14.3. The van der Waals surface area contributed by atoms with Crippen molar-refractivity contribution in [1.29, 1.82) is 0 Å². The highest BCUT2D eigenvalue weighted by Crippen LogP contribution is 2.36. The summed E-state index contributed by atoms with van der Waals surface area (Å²) in [7, 11) is 4.20. The van der Waals surface area contributed by atoms with Crippen LogP contribution in [0.4, 0.5) is 0 Å². The molecule has 1 aromatic heterocycles. The van der Waals surface area contributed by atoms with Gasteiger partial charge in [0.15, 0.2) is 0 Å². The maximum absolute atomic E-state index is 2.18. The molecule has 106 valence electrons. The van der Waals surface area contributed by atoms with E-state index in [0.717, 1.165) is 0 Å². The molecule has 2 aromatic carbocycles. The smallest absolute Gasteiger partial charge is 0.226 e. The van der Waals surface area contributed by atoms with Crippen LogP contribution in [0.5, 0.6) is 0 Å². The molecule has 0 fully saturated rings. The van der Waals surface area contributed by atoms with Crippen LogP contribution < -0.4 is 4.57 Å². The fraction of sp³-hybridized carbons (Fsp3) is 0.118. The van der Waals surface area contributed by atoms with Gasteiger partial charge in [0, 0.05) is 9.79 Å². The van der Waals surface area contributed by atoms with Gasteiger partial charge in [0.05, 0.1) is 14.1 Å². The van der Waals surface area contributed by atoms with Crippen molar-refractivity contribution in [3.63, 3.8) is 0 Å². The largest absolute Gasteiger partial charge is 0.245 e. The van der Waals surface area contributed by atoms with Crippen LogP contribution in [-0.2, 0) is 14.1 Å². The van der Waals surface area contributed by atoms with Gasteiger partial charge in [-0.25, -0.2) is 9.13 Å². The third-order valence-corrected chi connectivity index (χ3v) is 5.58. The highest BCUT2D eigenvalue weighted by Gasteiger charge is 2.21. The van der Waals surface area contributed by atoms with Gasteiger partial charge in [-0.1, -0.05) is 36.4 Å². The molecular formula is C17H17N2S2+. The van der Waals surface area contributed by atoms with E-state index in [0.29, 0.717) is 0 Å². The van der Waals surface area contributed by atoms with E-state index < -0.39 is 0 Å².